The fourth-order valence-electron chi connectivity index (χ4n) is 2.45. The van der Waals surface area contributed by atoms with Crippen LogP contribution in [-0.4, -0.2) is 45.5 Å². The molecule has 0 atom stereocenters. The number of fused-ring (bicyclic) bond motifs is 1. The molecule has 0 bridgehead atoms. The normalized spacial score (nSPS) is 17.4. The minimum Gasteiger partial charge on any atom is -0.493 e. The zero-order valence-electron chi connectivity index (χ0n) is 13.1. The van der Waals surface area contributed by atoms with E-state index in [-0.39, 0.29) is 6.54 Å². The molecule has 128 valence electrons. The van der Waals surface area contributed by atoms with Crippen molar-refractivity contribution in [2.45, 2.75) is 6.42 Å². The van der Waals surface area contributed by atoms with Crippen molar-refractivity contribution in [2.24, 2.45) is 0 Å². The number of hydrogen-bond acceptors (Lipinski definition) is 6. The van der Waals surface area contributed by atoms with Gasteiger partial charge in [0.05, 0.1) is 12.5 Å². The molecule has 0 unspecified atom stereocenters. The number of ether oxygens (including phenoxy) is 3. The maximum absolute atomic E-state index is 12.3. The van der Waals surface area contributed by atoms with Crippen molar-refractivity contribution in [1.82, 2.24) is 4.31 Å². The molecule has 0 fully saturated rings. The first-order valence-electron chi connectivity index (χ1n) is 7.40. The molecule has 1 aromatic rings. The SMILES string of the molecule is COc1cc(/C=C/S(=O)(=O)N2CCC=CC2=O)cc2c1OCCO2. The van der Waals surface area contributed by atoms with Crippen molar-refractivity contribution in [3.8, 4) is 17.2 Å². The summed E-state index contributed by atoms with van der Waals surface area (Å²) >= 11 is 0. The number of benzene rings is 1. The topological polar surface area (TPSA) is 82.1 Å². The molecule has 0 spiro atoms. The first kappa shape index (κ1) is 16.4. The van der Waals surface area contributed by atoms with Crippen LogP contribution in [0.1, 0.15) is 12.0 Å². The highest BCUT2D eigenvalue weighted by Crippen LogP contribution is 2.40. The van der Waals surface area contributed by atoms with E-state index in [4.69, 9.17) is 14.2 Å². The molecule has 3 rings (SSSR count). The summed E-state index contributed by atoms with van der Waals surface area (Å²) in [5, 5.41) is 1.01. The van der Waals surface area contributed by atoms with Gasteiger partial charge in [0, 0.05) is 12.6 Å². The highest BCUT2D eigenvalue weighted by Gasteiger charge is 2.25. The standard InChI is InChI=1S/C16H17NO6S/c1-21-13-10-12(11-14-16(13)23-8-7-22-14)5-9-24(19,20)17-6-3-2-4-15(17)18/h2,4-5,9-11H,3,6-8H2,1H3/b9-5+. The van der Waals surface area contributed by atoms with Crippen LogP contribution in [0.2, 0.25) is 0 Å². The van der Waals surface area contributed by atoms with E-state index in [0.717, 1.165) is 9.71 Å². The highest BCUT2D eigenvalue weighted by molar-refractivity contribution is 7.92. The maximum atomic E-state index is 12.3. The van der Waals surface area contributed by atoms with E-state index in [1.54, 1.807) is 18.2 Å². The van der Waals surface area contributed by atoms with Gasteiger partial charge in [-0.3, -0.25) is 4.79 Å². The molecule has 7 nitrogen and oxygen atoms in total. The lowest BCUT2D eigenvalue weighted by Crippen LogP contribution is -2.36. The molecule has 0 saturated carbocycles. The molecule has 1 aromatic carbocycles. The highest BCUT2D eigenvalue weighted by atomic mass is 32.2. The van der Waals surface area contributed by atoms with Crippen molar-refractivity contribution in [3.05, 3.63) is 35.3 Å². The van der Waals surface area contributed by atoms with Gasteiger partial charge in [-0.15, -0.1) is 0 Å². The predicted molar refractivity (Wildman–Crippen MR) is 87.4 cm³/mol. The number of carbonyl (C=O) groups excluding carboxylic acids is 1. The van der Waals surface area contributed by atoms with Gasteiger partial charge in [0.2, 0.25) is 5.75 Å². The molecule has 0 saturated heterocycles. The first-order chi connectivity index (χ1) is 11.5. The van der Waals surface area contributed by atoms with Gasteiger partial charge >= 0.3 is 0 Å². The van der Waals surface area contributed by atoms with Crippen molar-refractivity contribution in [3.63, 3.8) is 0 Å². The number of carbonyl (C=O) groups is 1. The van der Waals surface area contributed by atoms with Gasteiger partial charge in [-0.05, 0) is 30.2 Å². The Kier molecular flexibility index (Phi) is 4.48. The quantitative estimate of drug-likeness (QED) is 0.819. The molecule has 24 heavy (non-hydrogen) atoms. The number of amides is 1. The summed E-state index contributed by atoms with van der Waals surface area (Å²) in [4.78, 5) is 11.7. The molecular formula is C16H17NO6S. The van der Waals surface area contributed by atoms with Crippen LogP contribution in [0.25, 0.3) is 6.08 Å². The van der Waals surface area contributed by atoms with Crippen molar-refractivity contribution in [1.29, 1.82) is 0 Å². The number of sulfonamides is 1. The van der Waals surface area contributed by atoms with E-state index >= 15 is 0 Å². The Hall–Kier alpha value is -2.48. The number of nitrogens with zero attached hydrogens (tertiary/aromatic N) is 1. The van der Waals surface area contributed by atoms with E-state index in [1.165, 1.54) is 19.3 Å². The summed E-state index contributed by atoms with van der Waals surface area (Å²) in [6.45, 7) is 0.986. The molecule has 0 aromatic heterocycles. The monoisotopic (exact) mass is 351 g/mol. The summed E-state index contributed by atoms with van der Waals surface area (Å²) in [5.41, 5.74) is 0.569. The minimum absolute atomic E-state index is 0.145. The number of methoxy groups -OCH3 is 1. The van der Waals surface area contributed by atoms with Crippen molar-refractivity contribution < 1.29 is 27.4 Å². The van der Waals surface area contributed by atoms with Gasteiger partial charge in [0.15, 0.2) is 11.5 Å². The van der Waals surface area contributed by atoms with Crippen LogP contribution >= 0.6 is 0 Å². The third-order valence-corrected chi connectivity index (χ3v) is 5.05. The molecular weight excluding hydrogens is 334 g/mol. The van der Waals surface area contributed by atoms with E-state index in [2.05, 4.69) is 0 Å². The van der Waals surface area contributed by atoms with Gasteiger partial charge in [0.1, 0.15) is 13.2 Å². The van der Waals surface area contributed by atoms with Crippen LogP contribution in [0, 0.1) is 0 Å². The van der Waals surface area contributed by atoms with Crippen molar-refractivity contribution in [2.75, 3.05) is 26.9 Å². The summed E-state index contributed by atoms with van der Waals surface area (Å²) in [5.74, 6) is 0.918. The third-order valence-electron chi connectivity index (χ3n) is 3.60. The van der Waals surface area contributed by atoms with Gasteiger partial charge in [-0.1, -0.05) is 6.08 Å². The Bertz CT molecular complexity index is 795. The fourth-order valence-corrected chi connectivity index (χ4v) is 3.60. The summed E-state index contributed by atoms with van der Waals surface area (Å²) in [7, 11) is -2.34. The Morgan fingerprint density at radius 2 is 2.04 bits per heavy atom. The second kappa shape index (κ2) is 6.56. The number of hydrogen-bond donors (Lipinski definition) is 0. The number of rotatable bonds is 4. The van der Waals surface area contributed by atoms with Crippen LogP contribution in [0.5, 0.6) is 17.2 Å². The van der Waals surface area contributed by atoms with Gasteiger partial charge in [-0.2, -0.15) is 0 Å². The van der Waals surface area contributed by atoms with E-state index in [1.807, 2.05) is 0 Å². The smallest absolute Gasteiger partial charge is 0.259 e. The molecule has 0 N–H and O–H groups in total. The molecule has 2 aliphatic heterocycles. The molecule has 8 heteroatoms. The lowest BCUT2D eigenvalue weighted by atomic mass is 10.1. The van der Waals surface area contributed by atoms with Crippen LogP contribution in [-0.2, 0) is 14.8 Å². The maximum Gasteiger partial charge on any atom is 0.259 e. The molecule has 0 aliphatic carbocycles. The van der Waals surface area contributed by atoms with Crippen molar-refractivity contribution >= 4 is 22.0 Å². The average Bonchev–Trinajstić information content (AvgIpc) is 2.59. The zero-order valence-corrected chi connectivity index (χ0v) is 13.9. The van der Waals surface area contributed by atoms with Gasteiger partial charge < -0.3 is 14.2 Å². The average molecular weight is 351 g/mol. The van der Waals surface area contributed by atoms with Crippen LogP contribution in [0.15, 0.2) is 29.7 Å². The predicted octanol–water partition coefficient (Wildman–Crippen LogP) is 1.56. The largest absolute Gasteiger partial charge is 0.493 e. The summed E-state index contributed by atoms with van der Waals surface area (Å²) in [6.07, 6.45) is 4.84. The van der Waals surface area contributed by atoms with E-state index < -0.39 is 15.9 Å². The van der Waals surface area contributed by atoms with E-state index in [9.17, 15) is 13.2 Å². The summed E-state index contributed by atoms with van der Waals surface area (Å²) < 4.78 is 41.7. The van der Waals surface area contributed by atoms with Crippen LogP contribution < -0.4 is 14.2 Å². The lowest BCUT2D eigenvalue weighted by molar-refractivity contribution is -0.121. The lowest BCUT2D eigenvalue weighted by Gasteiger charge is -2.21. The second-order valence-electron chi connectivity index (χ2n) is 5.20. The Labute approximate surface area is 140 Å². The first-order valence-corrected chi connectivity index (χ1v) is 8.90. The molecule has 2 aliphatic rings. The van der Waals surface area contributed by atoms with Crippen LogP contribution in [0.3, 0.4) is 0 Å². The third kappa shape index (κ3) is 3.23. The Morgan fingerprint density at radius 1 is 1.25 bits per heavy atom. The fraction of sp³-hybridized carbons (Fsp3) is 0.312. The van der Waals surface area contributed by atoms with Crippen LogP contribution in [0.4, 0.5) is 0 Å². The molecule has 1 amide bonds. The summed E-state index contributed by atoms with van der Waals surface area (Å²) in [6, 6.07) is 3.32. The second-order valence-corrected chi connectivity index (χ2v) is 6.94. The van der Waals surface area contributed by atoms with E-state index in [0.29, 0.717) is 42.4 Å². The Balaban J connectivity index is 1.89. The molecule has 0 radical (unpaired) electrons. The van der Waals surface area contributed by atoms with Gasteiger partial charge in [0.25, 0.3) is 15.9 Å². The van der Waals surface area contributed by atoms with Gasteiger partial charge in [-0.25, -0.2) is 12.7 Å². The Morgan fingerprint density at radius 3 is 2.79 bits per heavy atom. The molecule has 2 heterocycles. The minimum atomic E-state index is -3.83. The zero-order chi connectivity index (χ0) is 17.2.